The second kappa shape index (κ2) is 5.75. The zero-order valence-corrected chi connectivity index (χ0v) is 10.6. The third kappa shape index (κ3) is 3.81. The maximum absolute atomic E-state index is 12.5. The lowest BCUT2D eigenvalue weighted by Gasteiger charge is -2.25. The molecule has 0 saturated carbocycles. The minimum atomic E-state index is -4.20. The van der Waals surface area contributed by atoms with Crippen molar-refractivity contribution in [2.24, 2.45) is 0 Å². The summed E-state index contributed by atoms with van der Waals surface area (Å²) >= 11 is 0. The largest absolute Gasteiger partial charge is 0.412 e. The normalized spacial score (nSPS) is 17.6. The first-order valence-electron chi connectivity index (χ1n) is 6.06. The molecule has 0 bridgehead atoms. The monoisotopic (exact) mass is 275 g/mol. The molecule has 1 aliphatic rings. The van der Waals surface area contributed by atoms with Gasteiger partial charge < -0.3 is 9.84 Å². The van der Waals surface area contributed by atoms with Crippen molar-refractivity contribution < 1.29 is 17.7 Å². The Kier molecular flexibility index (Phi) is 4.26. The lowest BCUT2D eigenvalue weighted by Crippen LogP contribution is -2.31. The van der Waals surface area contributed by atoms with Gasteiger partial charge in [-0.2, -0.15) is 13.2 Å². The van der Waals surface area contributed by atoms with Crippen LogP contribution in [0.4, 0.5) is 13.2 Å². The summed E-state index contributed by atoms with van der Waals surface area (Å²) in [6, 6.07) is 1.82. The number of alkyl halides is 3. The molecule has 0 amide bonds. The number of rotatable bonds is 4. The van der Waals surface area contributed by atoms with E-state index in [9.17, 15) is 13.2 Å². The van der Waals surface area contributed by atoms with Gasteiger partial charge in [0.15, 0.2) is 5.76 Å². The minimum Gasteiger partial charge on any atom is -0.360 e. The highest BCUT2D eigenvalue weighted by molar-refractivity contribution is 5.14. The van der Waals surface area contributed by atoms with Crippen LogP contribution in [0.25, 0.3) is 0 Å². The van der Waals surface area contributed by atoms with Crippen molar-refractivity contribution in [2.45, 2.75) is 25.7 Å². The summed E-state index contributed by atoms with van der Waals surface area (Å²) < 4.78 is 42.5. The number of nitrogens with zero attached hydrogens (tertiary/aromatic N) is 2. The fraction of sp³-hybridized carbons (Fsp3) is 0.583. The van der Waals surface area contributed by atoms with Crippen molar-refractivity contribution in [3.8, 4) is 0 Å². The summed E-state index contributed by atoms with van der Waals surface area (Å²) in [7, 11) is 1.81. The summed E-state index contributed by atoms with van der Waals surface area (Å²) in [4.78, 5) is 1.90. The molecule has 1 N–H and O–H groups in total. The highest BCUT2D eigenvalue weighted by Crippen LogP contribution is 2.30. The van der Waals surface area contributed by atoms with Gasteiger partial charge in [0.2, 0.25) is 0 Å². The Bertz CT molecular complexity index is 453. The minimum absolute atomic E-state index is 0.0288. The van der Waals surface area contributed by atoms with Crippen LogP contribution in [-0.2, 0) is 13.1 Å². The van der Waals surface area contributed by atoms with Crippen LogP contribution in [0, 0.1) is 0 Å². The van der Waals surface area contributed by atoms with E-state index in [0.29, 0.717) is 25.4 Å². The predicted molar refractivity (Wildman–Crippen MR) is 63.3 cm³/mol. The van der Waals surface area contributed by atoms with Gasteiger partial charge in [0.25, 0.3) is 0 Å². The van der Waals surface area contributed by atoms with Crippen LogP contribution in [0.3, 0.4) is 0 Å². The Labute approximate surface area is 109 Å². The Morgan fingerprint density at radius 2 is 2.26 bits per heavy atom. The Morgan fingerprint density at radius 1 is 1.47 bits per heavy atom. The van der Waals surface area contributed by atoms with Crippen molar-refractivity contribution in [3.63, 3.8) is 0 Å². The maximum Gasteiger partial charge on any atom is 0.412 e. The summed E-state index contributed by atoms with van der Waals surface area (Å²) in [5.74, 6) is 0.675. The molecule has 0 radical (unpaired) electrons. The van der Waals surface area contributed by atoms with E-state index in [1.54, 1.807) is 0 Å². The Hall–Kier alpha value is -1.34. The average molecular weight is 275 g/mol. The van der Waals surface area contributed by atoms with Crippen LogP contribution in [-0.4, -0.2) is 36.4 Å². The Morgan fingerprint density at radius 3 is 2.84 bits per heavy atom. The summed E-state index contributed by atoms with van der Waals surface area (Å²) in [6.07, 6.45) is -2.92. The lowest BCUT2D eigenvalue weighted by molar-refractivity contribution is -0.0961. The second-order valence-corrected chi connectivity index (χ2v) is 4.53. The van der Waals surface area contributed by atoms with Gasteiger partial charge in [-0.05, 0) is 13.5 Å². The zero-order valence-electron chi connectivity index (χ0n) is 10.6. The summed E-state index contributed by atoms with van der Waals surface area (Å²) in [5.41, 5.74) is 0.359. The van der Waals surface area contributed by atoms with Gasteiger partial charge in [-0.1, -0.05) is 11.2 Å². The van der Waals surface area contributed by atoms with E-state index in [4.69, 9.17) is 4.52 Å². The lowest BCUT2D eigenvalue weighted by atomic mass is 10.1. The maximum atomic E-state index is 12.5. The van der Waals surface area contributed by atoms with Gasteiger partial charge >= 0.3 is 6.18 Å². The summed E-state index contributed by atoms with van der Waals surface area (Å²) in [6.45, 7) is 1.77. The van der Waals surface area contributed by atoms with Gasteiger partial charge in [-0.15, -0.1) is 0 Å². The third-order valence-corrected chi connectivity index (χ3v) is 3.00. The number of hydrogen-bond donors (Lipinski definition) is 1. The molecule has 1 aliphatic heterocycles. The fourth-order valence-corrected chi connectivity index (χ4v) is 2.03. The molecule has 0 atom stereocenters. The quantitative estimate of drug-likeness (QED) is 0.854. The van der Waals surface area contributed by atoms with E-state index in [-0.39, 0.29) is 13.0 Å². The number of aromatic nitrogens is 1. The molecule has 1 aromatic heterocycles. The highest BCUT2D eigenvalue weighted by Gasteiger charge is 2.34. The molecule has 0 aliphatic carbocycles. The van der Waals surface area contributed by atoms with Crippen LogP contribution in [0.2, 0.25) is 0 Å². The van der Waals surface area contributed by atoms with E-state index in [2.05, 4.69) is 10.5 Å². The molecule has 7 heteroatoms. The topological polar surface area (TPSA) is 41.3 Å². The van der Waals surface area contributed by atoms with Gasteiger partial charge in [-0.25, -0.2) is 0 Å². The molecule has 2 heterocycles. The molecule has 0 spiro atoms. The SMILES string of the molecule is CNCc1cc(CN2CC=C(C(F)(F)F)CC2)on1. The molecule has 1 aromatic rings. The number of halogens is 3. The molecule has 19 heavy (non-hydrogen) atoms. The van der Waals surface area contributed by atoms with Gasteiger partial charge in [0.05, 0.1) is 12.2 Å². The van der Waals surface area contributed by atoms with Crippen LogP contribution in [0.15, 0.2) is 22.2 Å². The van der Waals surface area contributed by atoms with Crippen LogP contribution in [0.1, 0.15) is 17.9 Å². The molecular formula is C12H16F3N3O. The van der Waals surface area contributed by atoms with Gasteiger partial charge in [0.1, 0.15) is 0 Å². The van der Waals surface area contributed by atoms with E-state index in [1.807, 2.05) is 18.0 Å². The first kappa shape index (κ1) is 14.1. The predicted octanol–water partition coefficient (Wildman–Crippen LogP) is 2.09. The molecule has 4 nitrogen and oxygen atoms in total. The molecule has 0 aromatic carbocycles. The van der Waals surface area contributed by atoms with Crippen molar-refractivity contribution in [2.75, 3.05) is 20.1 Å². The van der Waals surface area contributed by atoms with Crippen molar-refractivity contribution >= 4 is 0 Å². The number of hydrogen-bond acceptors (Lipinski definition) is 4. The molecule has 2 rings (SSSR count). The molecular weight excluding hydrogens is 259 g/mol. The number of nitrogens with one attached hydrogen (secondary N) is 1. The van der Waals surface area contributed by atoms with E-state index in [0.717, 1.165) is 5.69 Å². The Balaban J connectivity index is 1.90. The molecule has 106 valence electrons. The first-order valence-corrected chi connectivity index (χ1v) is 6.06. The summed E-state index contributed by atoms with van der Waals surface area (Å²) in [5, 5.41) is 6.82. The van der Waals surface area contributed by atoms with Crippen LogP contribution in [0.5, 0.6) is 0 Å². The first-order chi connectivity index (χ1) is 8.99. The van der Waals surface area contributed by atoms with Crippen molar-refractivity contribution in [1.29, 1.82) is 0 Å². The van der Waals surface area contributed by atoms with Gasteiger partial charge in [-0.3, -0.25) is 4.90 Å². The van der Waals surface area contributed by atoms with Crippen LogP contribution < -0.4 is 5.32 Å². The smallest absolute Gasteiger partial charge is 0.360 e. The van der Waals surface area contributed by atoms with Crippen molar-refractivity contribution in [3.05, 3.63) is 29.2 Å². The third-order valence-electron chi connectivity index (χ3n) is 3.00. The highest BCUT2D eigenvalue weighted by atomic mass is 19.4. The van der Waals surface area contributed by atoms with Crippen LogP contribution >= 0.6 is 0 Å². The van der Waals surface area contributed by atoms with E-state index in [1.165, 1.54) is 6.08 Å². The molecule has 0 unspecified atom stereocenters. The molecule has 0 fully saturated rings. The zero-order chi connectivity index (χ0) is 13.9. The fourth-order valence-electron chi connectivity index (χ4n) is 2.03. The van der Waals surface area contributed by atoms with Crippen molar-refractivity contribution in [1.82, 2.24) is 15.4 Å². The standard InChI is InChI=1S/C12H16F3N3O/c1-16-7-10-6-11(19-17-10)8-18-4-2-9(3-5-18)12(13,14)15/h2,6,16H,3-5,7-8H2,1H3. The average Bonchev–Trinajstić information content (AvgIpc) is 2.77. The van der Waals surface area contributed by atoms with Gasteiger partial charge in [0, 0.05) is 31.3 Å². The van der Waals surface area contributed by atoms with E-state index < -0.39 is 11.7 Å². The van der Waals surface area contributed by atoms with E-state index >= 15 is 0 Å². The second-order valence-electron chi connectivity index (χ2n) is 4.53. The molecule has 0 saturated heterocycles.